The second-order valence-electron chi connectivity index (χ2n) is 7.62. The van der Waals surface area contributed by atoms with Crippen LogP contribution in [0.4, 0.5) is 0 Å². The minimum absolute atomic E-state index is 0.179. The molecule has 0 atom stereocenters. The number of allylic oxidation sites excluding steroid dienone is 1. The van der Waals surface area contributed by atoms with Crippen molar-refractivity contribution < 1.29 is 14.6 Å². The summed E-state index contributed by atoms with van der Waals surface area (Å²) >= 11 is 0. The molecule has 0 amide bonds. The highest BCUT2D eigenvalue weighted by molar-refractivity contribution is 5.67. The maximum absolute atomic E-state index is 10.8. The van der Waals surface area contributed by atoms with Crippen LogP contribution in [0.25, 0.3) is 0 Å². The molecule has 3 nitrogen and oxygen atoms in total. The van der Waals surface area contributed by atoms with Crippen molar-refractivity contribution in [2.75, 3.05) is 6.61 Å². The molecular formula is C22H30O3. The molecule has 1 saturated carbocycles. The zero-order valence-electron chi connectivity index (χ0n) is 15.6. The fourth-order valence-corrected chi connectivity index (χ4v) is 4.45. The Morgan fingerprint density at radius 2 is 1.88 bits per heavy atom. The van der Waals surface area contributed by atoms with Gasteiger partial charge in [-0.1, -0.05) is 24.5 Å². The standard InChI is InChI=1S/C22H30O3/c1-15-16(2)21(12-10-17(15)11-13-22(23)24)25-14-19-8-5-9-20(19)18-6-3-4-7-18/h10,12,18H,3-9,11,13-14H2,1-2H3,(H,23,24). The van der Waals surface area contributed by atoms with E-state index < -0.39 is 5.97 Å². The van der Waals surface area contributed by atoms with Crippen molar-refractivity contribution in [3.8, 4) is 5.75 Å². The molecule has 0 saturated heterocycles. The Labute approximate surface area is 151 Å². The van der Waals surface area contributed by atoms with Crippen LogP contribution in [0.15, 0.2) is 23.3 Å². The molecule has 136 valence electrons. The normalized spacial score (nSPS) is 18.2. The zero-order valence-corrected chi connectivity index (χ0v) is 15.6. The third-order valence-corrected chi connectivity index (χ3v) is 6.09. The van der Waals surface area contributed by atoms with E-state index in [4.69, 9.17) is 9.84 Å². The zero-order chi connectivity index (χ0) is 17.8. The van der Waals surface area contributed by atoms with Gasteiger partial charge in [0.1, 0.15) is 12.4 Å². The molecule has 1 N–H and O–H groups in total. The highest BCUT2D eigenvalue weighted by Gasteiger charge is 2.25. The second kappa shape index (κ2) is 8.07. The van der Waals surface area contributed by atoms with Gasteiger partial charge in [-0.3, -0.25) is 4.79 Å². The van der Waals surface area contributed by atoms with Gasteiger partial charge in [-0.25, -0.2) is 0 Å². The van der Waals surface area contributed by atoms with Crippen LogP contribution < -0.4 is 4.74 Å². The van der Waals surface area contributed by atoms with Crippen LogP contribution >= 0.6 is 0 Å². The summed E-state index contributed by atoms with van der Waals surface area (Å²) in [6, 6.07) is 4.05. The number of benzene rings is 1. The Morgan fingerprint density at radius 1 is 1.12 bits per heavy atom. The van der Waals surface area contributed by atoms with E-state index in [0.29, 0.717) is 6.42 Å². The van der Waals surface area contributed by atoms with Crippen molar-refractivity contribution in [3.63, 3.8) is 0 Å². The Morgan fingerprint density at radius 3 is 2.60 bits per heavy atom. The highest BCUT2D eigenvalue weighted by Crippen LogP contribution is 2.40. The summed E-state index contributed by atoms with van der Waals surface area (Å²) in [6.07, 6.45) is 10.0. The predicted octanol–water partition coefficient (Wildman–Crippen LogP) is 5.37. The van der Waals surface area contributed by atoms with E-state index in [2.05, 4.69) is 13.8 Å². The van der Waals surface area contributed by atoms with Gasteiger partial charge >= 0.3 is 5.97 Å². The Bertz CT molecular complexity index is 666. The van der Waals surface area contributed by atoms with Gasteiger partial charge in [0.2, 0.25) is 0 Å². The molecule has 0 spiro atoms. The molecule has 1 aromatic rings. The first-order valence-corrected chi connectivity index (χ1v) is 9.70. The lowest BCUT2D eigenvalue weighted by atomic mass is 9.94. The number of ether oxygens (including phenoxy) is 1. The van der Waals surface area contributed by atoms with Crippen LogP contribution in [0.2, 0.25) is 0 Å². The van der Waals surface area contributed by atoms with Crippen LogP contribution in [-0.2, 0) is 11.2 Å². The fourth-order valence-electron chi connectivity index (χ4n) is 4.45. The molecule has 3 heteroatoms. The number of carboxylic acid groups (broad SMARTS) is 1. The number of hydrogen-bond acceptors (Lipinski definition) is 2. The first-order valence-electron chi connectivity index (χ1n) is 9.70. The van der Waals surface area contributed by atoms with E-state index in [-0.39, 0.29) is 6.42 Å². The van der Waals surface area contributed by atoms with Crippen molar-refractivity contribution >= 4 is 5.97 Å². The van der Waals surface area contributed by atoms with E-state index in [1.165, 1.54) is 44.9 Å². The van der Waals surface area contributed by atoms with Gasteiger partial charge in [-0.05, 0) is 86.6 Å². The first kappa shape index (κ1) is 18.0. The largest absolute Gasteiger partial charge is 0.489 e. The number of aryl methyl sites for hydroxylation is 1. The van der Waals surface area contributed by atoms with Crippen LogP contribution in [0, 0.1) is 19.8 Å². The van der Waals surface area contributed by atoms with E-state index in [0.717, 1.165) is 35.0 Å². The highest BCUT2D eigenvalue weighted by atomic mass is 16.5. The lowest BCUT2D eigenvalue weighted by Crippen LogP contribution is -2.07. The molecular weight excluding hydrogens is 312 g/mol. The van der Waals surface area contributed by atoms with Crippen molar-refractivity contribution in [3.05, 3.63) is 40.0 Å². The van der Waals surface area contributed by atoms with Gasteiger partial charge in [-0.15, -0.1) is 0 Å². The maximum atomic E-state index is 10.8. The minimum atomic E-state index is -0.745. The summed E-state index contributed by atoms with van der Waals surface area (Å²) in [5.74, 6) is 1.02. The topological polar surface area (TPSA) is 46.5 Å². The van der Waals surface area contributed by atoms with Crippen molar-refractivity contribution in [2.24, 2.45) is 5.92 Å². The minimum Gasteiger partial charge on any atom is -0.489 e. The molecule has 0 heterocycles. The fraction of sp³-hybridized carbons (Fsp3) is 0.591. The molecule has 2 aliphatic rings. The average Bonchev–Trinajstić information content (AvgIpc) is 3.25. The van der Waals surface area contributed by atoms with E-state index in [9.17, 15) is 4.79 Å². The molecule has 25 heavy (non-hydrogen) atoms. The molecule has 1 fully saturated rings. The van der Waals surface area contributed by atoms with Gasteiger partial charge in [-0.2, -0.15) is 0 Å². The van der Waals surface area contributed by atoms with Crippen LogP contribution in [0.3, 0.4) is 0 Å². The number of carboxylic acids is 1. The van der Waals surface area contributed by atoms with E-state index >= 15 is 0 Å². The third kappa shape index (κ3) is 4.26. The molecule has 0 aliphatic heterocycles. The van der Waals surface area contributed by atoms with Crippen molar-refractivity contribution in [1.29, 1.82) is 0 Å². The summed E-state index contributed by atoms with van der Waals surface area (Å²) in [7, 11) is 0. The quantitative estimate of drug-likeness (QED) is 0.678. The van der Waals surface area contributed by atoms with Gasteiger partial charge in [0.05, 0.1) is 0 Å². The van der Waals surface area contributed by atoms with Gasteiger partial charge in [0.25, 0.3) is 0 Å². The smallest absolute Gasteiger partial charge is 0.303 e. The number of carbonyl (C=O) groups is 1. The average molecular weight is 342 g/mol. The molecule has 0 radical (unpaired) electrons. The molecule has 0 aromatic heterocycles. The number of rotatable bonds is 7. The second-order valence-corrected chi connectivity index (χ2v) is 7.62. The molecule has 1 aromatic carbocycles. The van der Waals surface area contributed by atoms with Gasteiger partial charge in [0.15, 0.2) is 0 Å². The van der Waals surface area contributed by atoms with E-state index in [1.807, 2.05) is 12.1 Å². The van der Waals surface area contributed by atoms with Crippen molar-refractivity contribution in [2.45, 2.75) is 71.6 Å². The summed E-state index contributed by atoms with van der Waals surface area (Å²) in [4.78, 5) is 10.8. The van der Waals surface area contributed by atoms with Crippen LogP contribution in [-0.4, -0.2) is 17.7 Å². The van der Waals surface area contributed by atoms with Crippen LogP contribution in [0.5, 0.6) is 5.75 Å². The summed E-state index contributed by atoms with van der Waals surface area (Å²) in [6.45, 7) is 4.87. The Kier molecular flexibility index (Phi) is 5.82. The maximum Gasteiger partial charge on any atom is 0.303 e. The predicted molar refractivity (Wildman–Crippen MR) is 100 cm³/mol. The van der Waals surface area contributed by atoms with Crippen molar-refractivity contribution in [1.82, 2.24) is 0 Å². The monoisotopic (exact) mass is 342 g/mol. The SMILES string of the molecule is Cc1c(CCC(=O)O)ccc(OCC2=C(C3CCCC3)CCC2)c1C. The van der Waals surface area contributed by atoms with E-state index in [1.54, 1.807) is 11.1 Å². The molecule has 0 bridgehead atoms. The molecule has 0 unspecified atom stereocenters. The lowest BCUT2D eigenvalue weighted by molar-refractivity contribution is -0.136. The Hall–Kier alpha value is -1.77. The van der Waals surface area contributed by atoms with Crippen LogP contribution in [0.1, 0.15) is 68.1 Å². The third-order valence-electron chi connectivity index (χ3n) is 6.09. The summed E-state index contributed by atoms with van der Waals surface area (Å²) in [5, 5.41) is 8.88. The number of aliphatic carboxylic acids is 1. The summed E-state index contributed by atoms with van der Waals surface area (Å²) < 4.78 is 6.20. The summed E-state index contributed by atoms with van der Waals surface area (Å²) in [5.41, 5.74) is 6.65. The van der Waals surface area contributed by atoms with Gasteiger partial charge < -0.3 is 9.84 Å². The molecule has 3 rings (SSSR count). The number of hydrogen-bond donors (Lipinski definition) is 1. The lowest BCUT2D eigenvalue weighted by Gasteiger charge is -2.17. The van der Waals surface area contributed by atoms with Gasteiger partial charge in [0, 0.05) is 6.42 Å². The first-order chi connectivity index (χ1) is 12.1. The molecule has 2 aliphatic carbocycles. The Balaban J connectivity index is 1.67.